The molecule has 2 saturated carbocycles. The van der Waals surface area contributed by atoms with E-state index in [-0.39, 0.29) is 5.41 Å². The normalized spacial score (nSPS) is 42.5. The Morgan fingerprint density at radius 2 is 2.36 bits per heavy atom. The van der Waals surface area contributed by atoms with E-state index in [9.17, 15) is 4.79 Å². The fourth-order valence-corrected chi connectivity index (χ4v) is 2.59. The van der Waals surface area contributed by atoms with E-state index in [0.29, 0.717) is 11.7 Å². The Bertz CT molecular complexity index is 207. The van der Waals surface area contributed by atoms with Crippen molar-refractivity contribution in [3.63, 3.8) is 0 Å². The first-order chi connectivity index (χ1) is 5.28. The molecule has 60 valence electrons. The maximum absolute atomic E-state index is 11.2. The van der Waals surface area contributed by atoms with E-state index >= 15 is 0 Å². The van der Waals surface area contributed by atoms with Crippen LogP contribution >= 0.6 is 0 Å². The van der Waals surface area contributed by atoms with Crippen molar-refractivity contribution in [2.24, 2.45) is 11.3 Å². The molecule has 0 heterocycles. The van der Waals surface area contributed by atoms with Gasteiger partial charge in [0.15, 0.2) is 0 Å². The van der Waals surface area contributed by atoms with Crippen LogP contribution in [-0.4, -0.2) is 5.78 Å². The highest BCUT2D eigenvalue weighted by molar-refractivity contribution is 5.89. The van der Waals surface area contributed by atoms with Crippen LogP contribution in [0.1, 0.15) is 32.1 Å². The highest BCUT2D eigenvalue weighted by atomic mass is 16.1. The smallest absolute Gasteiger partial charge is 0.137 e. The van der Waals surface area contributed by atoms with Crippen molar-refractivity contribution in [3.8, 4) is 0 Å². The first-order valence-corrected chi connectivity index (χ1v) is 4.45. The minimum absolute atomic E-state index is 0.245. The molecule has 2 aliphatic rings. The highest BCUT2D eigenvalue weighted by Gasteiger charge is 2.51. The van der Waals surface area contributed by atoms with E-state index in [1.165, 1.54) is 19.3 Å². The minimum Gasteiger partial charge on any atom is -0.299 e. The molecule has 0 amide bonds. The number of carbonyl (C=O) groups excluding carboxylic acids is 1. The van der Waals surface area contributed by atoms with Crippen molar-refractivity contribution in [1.82, 2.24) is 0 Å². The Morgan fingerprint density at radius 3 is 2.91 bits per heavy atom. The molecule has 2 aliphatic carbocycles. The van der Waals surface area contributed by atoms with Crippen molar-refractivity contribution < 1.29 is 4.79 Å². The summed E-state index contributed by atoms with van der Waals surface area (Å²) < 4.78 is 0. The molecular weight excluding hydrogens is 136 g/mol. The number of hydrogen-bond donors (Lipinski definition) is 0. The number of allylic oxidation sites excluding steroid dienone is 1. The van der Waals surface area contributed by atoms with Gasteiger partial charge in [-0.2, -0.15) is 0 Å². The molecular formula is C10H14O. The summed E-state index contributed by atoms with van der Waals surface area (Å²) in [5.41, 5.74) is 0.245. The lowest BCUT2D eigenvalue weighted by Crippen LogP contribution is -2.48. The van der Waals surface area contributed by atoms with Crippen LogP contribution in [0.4, 0.5) is 0 Å². The lowest BCUT2D eigenvalue weighted by Gasteiger charge is -2.49. The van der Waals surface area contributed by atoms with E-state index in [1.807, 2.05) is 6.08 Å². The zero-order valence-electron chi connectivity index (χ0n) is 6.81. The summed E-state index contributed by atoms with van der Waals surface area (Å²) in [6.07, 6.45) is 7.65. The standard InChI is InChI=1S/C10H14O/c1-2-10-6-4-3-5-8(10)9(11)7-10/h2,8H,1,3-7H2. The molecule has 0 N–H and O–H groups in total. The highest BCUT2D eigenvalue weighted by Crippen LogP contribution is 2.53. The van der Waals surface area contributed by atoms with Crippen LogP contribution in [0, 0.1) is 11.3 Å². The Hall–Kier alpha value is -0.590. The average molecular weight is 150 g/mol. The average Bonchev–Trinajstić information content (AvgIpc) is 2.02. The summed E-state index contributed by atoms with van der Waals surface area (Å²) in [6, 6.07) is 0. The molecule has 1 nitrogen and oxygen atoms in total. The molecule has 0 spiro atoms. The molecule has 1 heteroatoms. The van der Waals surface area contributed by atoms with E-state index in [0.717, 1.165) is 12.8 Å². The molecule has 0 bridgehead atoms. The van der Waals surface area contributed by atoms with Crippen LogP contribution in [0.3, 0.4) is 0 Å². The molecule has 2 fully saturated rings. The monoisotopic (exact) mass is 150 g/mol. The summed E-state index contributed by atoms with van der Waals surface area (Å²) >= 11 is 0. The van der Waals surface area contributed by atoms with E-state index in [1.54, 1.807) is 0 Å². The maximum atomic E-state index is 11.2. The first-order valence-electron chi connectivity index (χ1n) is 4.45. The summed E-state index contributed by atoms with van der Waals surface area (Å²) in [5, 5.41) is 0. The van der Waals surface area contributed by atoms with Crippen molar-refractivity contribution in [3.05, 3.63) is 12.7 Å². The van der Waals surface area contributed by atoms with Gasteiger partial charge in [0.1, 0.15) is 5.78 Å². The molecule has 0 aromatic rings. The topological polar surface area (TPSA) is 17.1 Å². The largest absolute Gasteiger partial charge is 0.299 e. The molecule has 0 radical (unpaired) electrons. The second-order valence-electron chi connectivity index (χ2n) is 3.88. The van der Waals surface area contributed by atoms with Gasteiger partial charge < -0.3 is 0 Å². The van der Waals surface area contributed by atoms with Crippen molar-refractivity contribution in [2.75, 3.05) is 0 Å². The summed E-state index contributed by atoms with van der Waals surface area (Å²) in [7, 11) is 0. The van der Waals surface area contributed by atoms with Crippen molar-refractivity contribution >= 4 is 5.78 Å². The lowest BCUT2D eigenvalue weighted by molar-refractivity contribution is -0.142. The zero-order chi connectivity index (χ0) is 7.90. The molecule has 11 heavy (non-hydrogen) atoms. The minimum atomic E-state index is 0.245. The predicted molar refractivity (Wildman–Crippen MR) is 44.2 cm³/mol. The van der Waals surface area contributed by atoms with E-state index in [4.69, 9.17) is 0 Å². The predicted octanol–water partition coefficient (Wildman–Crippen LogP) is 2.32. The van der Waals surface area contributed by atoms with Gasteiger partial charge in [-0.3, -0.25) is 4.79 Å². The third-order valence-electron chi connectivity index (χ3n) is 3.38. The van der Waals surface area contributed by atoms with E-state index < -0.39 is 0 Å². The van der Waals surface area contributed by atoms with Gasteiger partial charge in [0.05, 0.1) is 0 Å². The quantitative estimate of drug-likeness (QED) is 0.524. The fourth-order valence-electron chi connectivity index (χ4n) is 2.59. The molecule has 2 unspecified atom stereocenters. The Balaban J connectivity index is 2.19. The number of ketones is 1. The van der Waals surface area contributed by atoms with Gasteiger partial charge in [-0.1, -0.05) is 18.9 Å². The van der Waals surface area contributed by atoms with Crippen LogP contribution < -0.4 is 0 Å². The van der Waals surface area contributed by atoms with E-state index in [2.05, 4.69) is 6.58 Å². The van der Waals surface area contributed by atoms with Gasteiger partial charge in [0.25, 0.3) is 0 Å². The van der Waals surface area contributed by atoms with Crippen LogP contribution in [0.15, 0.2) is 12.7 Å². The molecule has 2 atom stereocenters. The second kappa shape index (κ2) is 2.20. The fraction of sp³-hybridized carbons (Fsp3) is 0.700. The van der Waals surface area contributed by atoms with Gasteiger partial charge in [-0.25, -0.2) is 0 Å². The molecule has 0 aromatic carbocycles. The Labute approximate surface area is 67.5 Å². The van der Waals surface area contributed by atoms with Crippen molar-refractivity contribution in [2.45, 2.75) is 32.1 Å². The lowest BCUT2D eigenvalue weighted by atomic mass is 9.53. The third kappa shape index (κ3) is 0.800. The molecule has 0 aliphatic heterocycles. The number of hydrogen-bond acceptors (Lipinski definition) is 1. The second-order valence-corrected chi connectivity index (χ2v) is 3.88. The summed E-state index contributed by atoms with van der Waals surface area (Å²) in [4.78, 5) is 11.2. The summed E-state index contributed by atoms with van der Waals surface area (Å²) in [5.74, 6) is 0.832. The van der Waals surface area contributed by atoms with Crippen LogP contribution in [0.5, 0.6) is 0 Å². The zero-order valence-corrected chi connectivity index (χ0v) is 6.81. The van der Waals surface area contributed by atoms with Gasteiger partial charge in [0.2, 0.25) is 0 Å². The van der Waals surface area contributed by atoms with Gasteiger partial charge in [-0.05, 0) is 12.8 Å². The van der Waals surface area contributed by atoms with Gasteiger partial charge in [0, 0.05) is 17.8 Å². The first kappa shape index (κ1) is 7.08. The number of fused-ring (bicyclic) bond motifs is 1. The van der Waals surface area contributed by atoms with Gasteiger partial charge >= 0.3 is 0 Å². The van der Waals surface area contributed by atoms with Crippen LogP contribution in [0.2, 0.25) is 0 Å². The van der Waals surface area contributed by atoms with Gasteiger partial charge in [-0.15, -0.1) is 6.58 Å². The number of carbonyl (C=O) groups is 1. The molecule has 0 saturated heterocycles. The summed E-state index contributed by atoms with van der Waals surface area (Å²) in [6.45, 7) is 3.84. The molecule has 2 rings (SSSR count). The SMILES string of the molecule is C=CC12CCCCC1C(=O)C2. The third-order valence-corrected chi connectivity index (χ3v) is 3.38. The van der Waals surface area contributed by atoms with Crippen LogP contribution in [-0.2, 0) is 4.79 Å². The number of Topliss-reactive ketones (excluding diaryl/α,β-unsaturated/α-hetero) is 1. The van der Waals surface area contributed by atoms with Crippen LogP contribution in [0.25, 0.3) is 0 Å². The Kier molecular flexibility index (Phi) is 1.41. The Morgan fingerprint density at radius 1 is 1.55 bits per heavy atom. The number of rotatable bonds is 1. The maximum Gasteiger partial charge on any atom is 0.137 e. The van der Waals surface area contributed by atoms with Crippen molar-refractivity contribution in [1.29, 1.82) is 0 Å². The molecule has 0 aromatic heterocycles.